The van der Waals surface area contributed by atoms with Gasteiger partial charge in [-0.2, -0.15) is 0 Å². The molecule has 1 atom stereocenters. The lowest BCUT2D eigenvalue weighted by Crippen LogP contribution is -2.31. The largest absolute Gasteiger partial charge is 0.372 e. The van der Waals surface area contributed by atoms with Crippen LogP contribution in [0.2, 0.25) is 5.02 Å². The molecule has 2 aromatic rings. The van der Waals surface area contributed by atoms with Crippen LogP contribution >= 0.6 is 11.6 Å². The van der Waals surface area contributed by atoms with Crippen molar-refractivity contribution in [3.8, 4) is 0 Å². The van der Waals surface area contributed by atoms with Crippen LogP contribution in [0.15, 0.2) is 59.8 Å². The van der Waals surface area contributed by atoms with E-state index in [0.717, 1.165) is 34.6 Å². The average molecular weight is 353 g/mol. The number of nitrogens with one attached hydrogen (secondary N) is 2. The third-order valence-corrected chi connectivity index (χ3v) is 5.14. The van der Waals surface area contributed by atoms with Crippen molar-refractivity contribution in [3.05, 3.63) is 70.4 Å². The minimum absolute atomic E-state index is 0.0406. The number of Topliss-reactive ketones (excluding diaryl/α,β-unsaturated/α-hetero) is 1. The second kappa shape index (κ2) is 5.92. The third-order valence-electron chi connectivity index (χ3n) is 4.90. The van der Waals surface area contributed by atoms with Crippen molar-refractivity contribution in [2.24, 2.45) is 5.41 Å². The molecule has 2 aliphatic rings. The summed E-state index contributed by atoms with van der Waals surface area (Å²) in [4.78, 5) is 13.0. The molecule has 1 heterocycles. The molecule has 2 N–H and O–H groups in total. The van der Waals surface area contributed by atoms with Crippen LogP contribution in [0.25, 0.3) is 0 Å². The van der Waals surface area contributed by atoms with Gasteiger partial charge in [-0.1, -0.05) is 49.7 Å². The Kier molecular flexibility index (Phi) is 3.84. The van der Waals surface area contributed by atoms with Gasteiger partial charge in [-0.15, -0.1) is 0 Å². The van der Waals surface area contributed by atoms with E-state index in [0.29, 0.717) is 11.4 Å². The number of para-hydroxylation sites is 2. The van der Waals surface area contributed by atoms with E-state index in [2.05, 4.69) is 24.5 Å². The van der Waals surface area contributed by atoms with Gasteiger partial charge in [0.1, 0.15) is 0 Å². The first-order valence-electron chi connectivity index (χ1n) is 8.57. The zero-order chi connectivity index (χ0) is 17.6. The highest BCUT2D eigenvalue weighted by Crippen LogP contribution is 2.45. The number of hydrogen-bond acceptors (Lipinski definition) is 3. The Bertz CT molecular complexity index is 885. The number of halogens is 1. The fraction of sp³-hybridized carbons (Fsp3) is 0.286. The maximum absolute atomic E-state index is 13.0. The molecular formula is C21H21ClN2O. The van der Waals surface area contributed by atoms with Gasteiger partial charge in [0.2, 0.25) is 0 Å². The first-order chi connectivity index (χ1) is 11.9. The summed E-state index contributed by atoms with van der Waals surface area (Å²) in [5, 5.41) is 7.76. The fourth-order valence-electron chi connectivity index (χ4n) is 3.83. The molecule has 0 unspecified atom stereocenters. The van der Waals surface area contributed by atoms with Crippen molar-refractivity contribution < 1.29 is 4.79 Å². The molecule has 25 heavy (non-hydrogen) atoms. The van der Waals surface area contributed by atoms with Crippen molar-refractivity contribution in [3.63, 3.8) is 0 Å². The highest BCUT2D eigenvalue weighted by atomic mass is 35.5. The lowest BCUT2D eigenvalue weighted by molar-refractivity contribution is -0.118. The maximum atomic E-state index is 13.0. The number of carbonyl (C=O) groups excluding carboxylic acids is 1. The summed E-state index contributed by atoms with van der Waals surface area (Å²) in [6.45, 7) is 4.30. The second-order valence-electron chi connectivity index (χ2n) is 7.64. The van der Waals surface area contributed by atoms with Crippen LogP contribution in [0.5, 0.6) is 0 Å². The molecule has 0 fully saturated rings. The number of anilines is 2. The van der Waals surface area contributed by atoms with Crippen LogP contribution in [0, 0.1) is 5.41 Å². The van der Waals surface area contributed by atoms with Gasteiger partial charge >= 0.3 is 0 Å². The number of allylic oxidation sites excluding steroid dienone is 1. The Morgan fingerprint density at radius 1 is 1.04 bits per heavy atom. The lowest BCUT2D eigenvalue weighted by atomic mass is 9.73. The van der Waals surface area contributed by atoms with Crippen LogP contribution in [0.4, 0.5) is 11.4 Å². The first-order valence-corrected chi connectivity index (χ1v) is 8.95. The Labute approximate surface area is 153 Å². The SMILES string of the molecule is CC1(C)CC(=O)C2=C(C1)Nc1ccccc1N[C@H]2c1cccc(Cl)c1. The van der Waals surface area contributed by atoms with E-state index in [4.69, 9.17) is 11.6 Å². The summed E-state index contributed by atoms with van der Waals surface area (Å²) in [6.07, 6.45) is 1.41. The molecule has 4 heteroatoms. The summed E-state index contributed by atoms with van der Waals surface area (Å²) in [6, 6.07) is 15.6. The van der Waals surface area contributed by atoms with E-state index in [9.17, 15) is 4.79 Å². The minimum Gasteiger partial charge on any atom is -0.372 e. The Hall–Kier alpha value is -2.26. The van der Waals surface area contributed by atoms with E-state index in [1.165, 1.54) is 0 Å². The molecule has 128 valence electrons. The molecule has 0 saturated heterocycles. The third kappa shape index (κ3) is 3.05. The van der Waals surface area contributed by atoms with Gasteiger partial charge in [-0.3, -0.25) is 4.79 Å². The van der Waals surface area contributed by atoms with Gasteiger partial charge in [0, 0.05) is 22.7 Å². The lowest BCUT2D eigenvalue weighted by Gasteiger charge is -2.34. The Balaban J connectivity index is 1.90. The van der Waals surface area contributed by atoms with Crippen LogP contribution in [0.3, 0.4) is 0 Å². The predicted octanol–water partition coefficient (Wildman–Crippen LogP) is 5.56. The van der Waals surface area contributed by atoms with Gasteiger partial charge in [0.15, 0.2) is 5.78 Å². The van der Waals surface area contributed by atoms with E-state index in [-0.39, 0.29) is 17.2 Å². The standard InChI is InChI=1S/C21H21ClN2O/c1-21(2)11-17-19(18(25)12-21)20(13-6-5-7-14(22)10-13)24-16-9-4-3-8-15(16)23-17/h3-10,20,23-24H,11-12H2,1-2H3/t20-/m0/s1. The molecule has 0 aromatic heterocycles. The molecule has 0 radical (unpaired) electrons. The topological polar surface area (TPSA) is 41.1 Å². The first kappa shape index (κ1) is 16.2. The quantitative estimate of drug-likeness (QED) is 0.705. The van der Waals surface area contributed by atoms with Crippen molar-refractivity contribution in [1.29, 1.82) is 0 Å². The number of fused-ring (bicyclic) bond motifs is 1. The number of hydrogen-bond donors (Lipinski definition) is 2. The molecule has 2 aromatic carbocycles. The number of benzene rings is 2. The monoisotopic (exact) mass is 352 g/mol. The number of ketones is 1. The van der Waals surface area contributed by atoms with Crippen LogP contribution in [-0.4, -0.2) is 5.78 Å². The Morgan fingerprint density at radius 3 is 2.56 bits per heavy atom. The molecule has 4 rings (SSSR count). The molecule has 0 saturated carbocycles. The van der Waals surface area contributed by atoms with E-state index in [1.54, 1.807) is 0 Å². The van der Waals surface area contributed by atoms with Crippen molar-refractivity contribution in [2.45, 2.75) is 32.7 Å². The van der Waals surface area contributed by atoms with Gasteiger partial charge in [0.25, 0.3) is 0 Å². The highest BCUT2D eigenvalue weighted by molar-refractivity contribution is 6.30. The van der Waals surface area contributed by atoms with Crippen molar-refractivity contribution in [2.75, 3.05) is 10.6 Å². The highest BCUT2D eigenvalue weighted by Gasteiger charge is 2.38. The summed E-state index contributed by atoms with van der Waals surface area (Å²) < 4.78 is 0. The predicted molar refractivity (Wildman–Crippen MR) is 103 cm³/mol. The van der Waals surface area contributed by atoms with Crippen LogP contribution in [0.1, 0.15) is 38.3 Å². The van der Waals surface area contributed by atoms with Crippen LogP contribution < -0.4 is 10.6 Å². The normalized spacial score (nSPS) is 21.6. The molecule has 0 spiro atoms. The molecule has 0 amide bonds. The smallest absolute Gasteiger partial charge is 0.163 e. The summed E-state index contributed by atoms with van der Waals surface area (Å²) in [7, 11) is 0. The molecule has 1 aliphatic heterocycles. The van der Waals surface area contributed by atoms with Crippen LogP contribution in [-0.2, 0) is 4.79 Å². The van der Waals surface area contributed by atoms with Gasteiger partial charge in [0.05, 0.1) is 17.4 Å². The molecule has 1 aliphatic carbocycles. The van der Waals surface area contributed by atoms with E-state index >= 15 is 0 Å². The van der Waals surface area contributed by atoms with Gasteiger partial charge < -0.3 is 10.6 Å². The summed E-state index contributed by atoms with van der Waals surface area (Å²) >= 11 is 6.22. The fourth-order valence-corrected chi connectivity index (χ4v) is 4.02. The summed E-state index contributed by atoms with van der Waals surface area (Å²) in [5.74, 6) is 0.198. The average Bonchev–Trinajstić information content (AvgIpc) is 2.70. The van der Waals surface area contributed by atoms with Gasteiger partial charge in [-0.25, -0.2) is 0 Å². The minimum atomic E-state index is -0.201. The number of rotatable bonds is 1. The second-order valence-corrected chi connectivity index (χ2v) is 8.07. The molecule has 0 bridgehead atoms. The van der Waals surface area contributed by atoms with Gasteiger partial charge in [-0.05, 0) is 41.7 Å². The van der Waals surface area contributed by atoms with E-state index < -0.39 is 0 Å². The van der Waals surface area contributed by atoms with Crippen molar-refractivity contribution in [1.82, 2.24) is 0 Å². The van der Waals surface area contributed by atoms with E-state index in [1.807, 2.05) is 48.5 Å². The summed E-state index contributed by atoms with van der Waals surface area (Å²) in [5.41, 5.74) is 4.81. The molecule has 3 nitrogen and oxygen atoms in total. The molecular weight excluding hydrogens is 332 g/mol. The Morgan fingerprint density at radius 2 is 1.80 bits per heavy atom. The van der Waals surface area contributed by atoms with Crippen molar-refractivity contribution >= 4 is 28.8 Å². The maximum Gasteiger partial charge on any atom is 0.163 e. The zero-order valence-electron chi connectivity index (χ0n) is 14.4. The zero-order valence-corrected chi connectivity index (χ0v) is 15.2. The number of carbonyl (C=O) groups is 1.